The second kappa shape index (κ2) is 3.96. The molecule has 8 heavy (non-hydrogen) atoms. The van der Waals surface area contributed by atoms with Crippen molar-refractivity contribution in [3.63, 3.8) is 0 Å². The first-order valence-corrected chi connectivity index (χ1v) is 2.15. The van der Waals surface area contributed by atoms with Gasteiger partial charge in [-0.05, 0) is 13.0 Å². The molecule has 0 aliphatic rings. The van der Waals surface area contributed by atoms with Gasteiger partial charge in [0.2, 0.25) is 0 Å². The monoisotopic (exact) mass is 110 g/mol. The molecule has 0 aromatic rings. The van der Waals surface area contributed by atoms with Gasteiger partial charge in [0.25, 0.3) is 5.78 Å². The van der Waals surface area contributed by atoms with E-state index >= 15 is 0 Å². The van der Waals surface area contributed by atoms with Crippen molar-refractivity contribution in [3.05, 3.63) is 17.7 Å². The highest BCUT2D eigenvalue weighted by molar-refractivity contribution is 6.30. The molecule has 0 rings (SSSR count). The van der Waals surface area contributed by atoms with Crippen molar-refractivity contribution in [2.75, 3.05) is 0 Å². The van der Waals surface area contributed by atoms with Crippen molar-refractivity contribution >= 4 is 12.0 Å². The number of carbonyl (C=O) groups excluding carboxylic acids is 1. The first-order chi connectivity index (χ1) is 3.81. The molecule has 0 atom stereocenters. The number of rotatable bonds is 2. The predicted octanol–water partition coefficient (Wildman–Crippen LogP) is 0.432. The third kappa shape index (κ3) is 3.00. The van der Waals surface area contributed by atoms with Crippen LogP contribution in [0.1, 0.15) is 6.92 Å². The Morgan fingerprint density at radius 3 is 2.75 bits per heavy atom. The standard InChI is InChI=1S/C5H6N2O/c1-2-3-5(8)4-7-6/h2-4H,1H3/b3-2+. The first-order valence-electron chi connectivity index (χ1n) is 2.15. The van der Waals surface area contributed by atoms with Crippen LogP contribution in [0.2, 0.25) is 0 Å². The summed E-state index contributed by atoms with van der Waals surface area (Å²) in [5.41, 5.74) is 7.78. The van der Waals surface area contributed by atoms with E-state index in [-0.39, 0.29) is 5.78 Å². The smallest absolute Gasteiger partial charge is 0.327 e. The van der Waals surface area contributed by atoms with E-state index in [0.29, 0.717) is 0 Å². The van der Waals surface area contributed by atoms with Gasteiger partial charge in [0.05, 0.1) is 0 Å². The number of carbonyl (C=O) groups is 1. The molecule has 42 valence electrons. The Bertz CT molecular complexity index is 154. The second-order valence-electron chi connectivity index (χ2n) is 1.15. The molecule has 3 heteroatoms. The van der Waals surface area contributed by atoms with Crippen LogP contribution in [0, 0.1) is 0 Å². The summed E-state index contributed by atoms with van der Waals surface area (Å²) in [6.07, 6.45) is 3.71. The van der Waals surface area contributed by atoms with Crippen molar-refractivity contribution in [3.8, 4) is 0 Å². The topological polar surface area (TPSA) is 53.5 Å². The lowest BCUT2D eigenvalue weighted by Gasteiger charge is -1.65. The van der Waals surface area contributed by atoms with Crippen LogP contribution in [0.25, 0.3) is 5.53 Å². The number of hydrogen-bond acceptors (Lipinski definition) is 1. The van der Waals surface area contributed by atoms with E-state index in [9.17, 15) is 4.79 Å². The lowest BCUT2D eigenvalue weighted by atomic mass is 10.4. The fourth-order valence-corrected chi connectivity index (χ4v) is 0.264. The Balaban J connectivity index is 3.84. The quantitative estimate of drug-likeness (QED) is 0.220. The van der Waals surface area contributed by atoms with Gasteiger partial charge in [0.1, 0.15) is 0 Å². The summed E-state index contributed by atoms with van der Waals surface area (Å²) < 4.78 is 0. The van der Waals surface area contributed by atoms with E-state index in [1.54, 1.807) is 13.0 Å². The average Bonchev–Trinajstić information content (AvgIpc) is 1.68. The fraction of sp³-hybridized carbons (Fsp3) is 0.200. The molecule has 0 aromatic heterocycles. The molecule has 0 aromatic carbocycles. The minimum atomic E-state index is -0.310. The first kappa shape index (κ1) is 6.79. The van der Waals surface area contributed by atoms with Crippen LogP contribution in [0.4, 0.5) is 0 Å². The van der Waals surface area contributed by atoms with Crippen molar-refractivity contribution < 1.29 is 9.58 Å². The molecule has 3 nitrogen and oxygen atoms in total. The average molecular weight is 110 g/mol. The van der Waals surface area contributed by atoms with Crippen LogP contribution in [-0.4, -0.2) is 16.8 Å². The number of allylic oxidation sites excluding steroid dienone is 2. The van der Waals surface area contributed by atoms with E-state index in [4.69, 9.17) is 5.53 Å². The van der Waals surface area contributed by atoms with Gasteiger partial charge in [-0.1, -0.05) is 6.08 Å². The molecule has 0 aliphatic heterocycles. The summed E-state index contributed by atoms with van der Waals surface area (Å²) >= 11 is 0. The van der Waals surface area contributed by atoms with Gasteiger partial charge in [-0.2, -0.15) is 4.79 Å². The molecule has 0 aliphatic carbocycles. The number of hydrogen-bond donors (Lipinski definition) is 0. The van der Waals surface area contributed by atoms with Crippen molar-refractivity contribution in [1.82, 2.24) is 0 Å². The van der Waals surface area contributed by atoms with Crippen molar-refractivity contribution in [2.24, 2.45) is 0 Å². The van der Waals surface area contributed by atoms with Crippen LogP contribution < -0.4 is 0 Å². The van der Waals surface area contributed by atoms with Crippen molar-refractivity contribution in [1.29, 1.82) is 0 Å². The Morgan fingerprint density at radius 1 is 1.75 bits per heavy atom. The van der Waals surface area contributed by atoms with Gasteiger partial charge in [0, 0.05) is 0 Å². The minimum Gasteiger partial charge on any atom is -0.361 e. The van der Waals surface area contributed by atoms with Gasteiger partial charge in [0.15, 0.2) is 0 Å². The zero-order valence-corrected chi connectivity index (χ0v) is 4.53. The zero-order valence-electron chi connectivity index (χ0n) is 4.53. The lowest BCUT2D eigenvalue weighted by Crippen LogP contribution is -1.92. The number of ketones is 1. The van der Waals surface area contributed by atoms with Gasteiger partial charge in [-0.25, -0.2) is 0 Å². The molecule has 0 spiro atoms. The maximum atomic E-state index is 10.2. The van der Waals surface area contributed by atoms with E-state index in [2.05, 4.69) is 4.79 Å². The third-order valence-corrected chi connectivity index (χ3v) is 0.516. The van der Waals surface area contributed by atoms with Crippen LogP contribution in [0.5, 0.6) is 0 Å². The van der Waals surface area contributed by atoms with E-state index in [1.165, 1.54) is 6.08 Å². The van der Waals surface area contributed by atoms with E-state index in [0.717, 1.165) is 6.21 Å². The molecule has 0 bridgehead atoms. The zero-order chi connectivity index (χ0) is 6.41. The molecule has 0 saturated heterocycles. The highest BCUT2D eigenvalue weighted by atomic mass is 16.1. The molecule has 0 amide bonds. The minimum absolute atomic E-state index is 0.310. The molecule has 0 fully saturated rings. The van der Waals surface area contributed by atoms with Crippen LogP contribution in [0.3, 0.4) is 0 Å². The summed E-state index contributed by atoms with van der Waals surface area (Å²) in [5.74, 6) is -0.310. The van der Waals surface area contributed by atoms with Crippen molar-refractivity contribution in [2.45, 2.75) is 6.92 Å². The highest BCUT2D eigenvalue weighted by Gasteiger charge is 1.90. The molecule has 0 N–H and O–H groups in total. The molecule has 0 unspecified atom stereocenters. The Labute approximate surface area is 47.3 Å². The lowest BCUT2D eigenvalue weighted by molar-refractivity contribution is -0.111. The second-order valence-corrected chi connectivity index (χ2v) is 1.15. The largest absolute Gasteiger partial charge is 0.361 e. The third-order valence-electron chi connectivity index (χ3n) is 0.516. The fourth-order valence-electron chi connectivity index (χ4n) is 0.264. The normalized spacial score (nSPS) is 8.62. The Kier molecular flexibility index (Phi) is 3.36. The van der Waals surface area contributed by atoms with Gasteiger partial charge < -0.3 is 5.53 Å². The predicted molar refractivity (Wildman–Crippen MR) is 29.5 cm³/mol. The molecular weight excluding hydrogens is 104 g/mol. The molecule has 0 heterocycles. The molecule has 0 saturated carbocycles. The Hall–Kier alpha value is -1.21. The summed E-state index contributed by atoms with van der Waals surface area (Å²) in [5, 5.41) is 0. The number of nitrogens with zero attached hydrogens (tertiary/aromatic N) is 2. The van der Waals surface area contributed by atoms with Gasteiger partial charge in [-0.3, -0.25) is 4.79 Å². The summed E-state index contributed by atoms with van der Waals surface area (Å²) in [6, 6.07) is 0. The van der Waals surface area contributed by atoms with Crippen LogP contribution >= 0.6 is 0 Å². The van der Waals surface area contributed by atoms with Crippen LogP contribution in [0.15, 0.2) is 12.2 Å². The van der Waals surface area contributed by atoms with Gasteiger partial charge in [-0.15, -0.1) is 0 Å². The molecular formula is C5H6N2O. The summed E-state index contributed by atoms with van der Waals surface area (Å²) in [4.78, 5) is 12.8. The SMILES string of the molecule is C/C=C/C(=O)C=[N+]=[N-]. The van der Waals surface area contributed by atoms with E-state index in [1.807, 2.05) is 0 Å². The summed E-state index contributed by atoms with van der Waals surface area (Å²) in [7, 11) is 0. The summed E-state index contributed by atoms with van der Waals surface area (Å²) in [6.45, 7) is 1.71. The van der Waals surface area contributed by atoms with Gasteiger partial charge >= 0.3 is 6.21 Å². The Morgan fingerprint density at radius 2 is 2.38 bits per heavy atom. The maximum absolute atomic E-state index is 10.2. The highest BCUT2D eigenvalue weighted by Crippen LogP contribution is 1.67. The maximum Gasteiger partial charge on any atom is 0.327 e. The van der Waals surface area contributed by atoms with Crippen LogP contribution in [-0.2, 0) is 4.79 Å². The van der Waals surface area contributed by atoms with E-state index < -0.39 is 0 Å². The molecule has 0 radical (unpaired) electrons.